The molecule has 0 saturated heterocycles. The van der Waals surface area contributed by atoms with Crippen molar-refractivity contribution < 1.29 is 19.3 Å². The fourth-order valence-electron chi connectivity index (χ4n) is 2.49. The molecule has 0 saturated carbocycles. The smallest absolute Gasteiger partial charge is 0.120 e. The van der Waals surface area contributed by atoms with Crippen LogP contribution in [-0.4, -0.2) is 38.1 Å². The zero-order chi connectivity index (χ0) is 22.0. The lowest BCUT2D eigenvalue weighted by molar-refractivity contribution is 0.0366. The van der Waals surface area contributed by atoms with Gasteiger partial charge in [-0.05, 0) is 48.4 Å². The van der Waals surface area contributed by atoms with Crippen molar-refractivity contribution in [3.05, 3.63) is 72.3 Å². The van der Waals surface area contributed by atoms with E-state index in [4.69, 9.17) is 19.3 Å². The molecule has 0 unspecified atom stereocenters. The lowest BCUT2D eigenvalue weighted by Crippen LogP contribution is -2.11. The fraction of sp³-hybridized carbons (Fsp3) is 0.385. The molecule has 164 valence electrons. The molecule has 30 heavy (non-hydrogen) atoms. The van der Waals surface area contributed by atoms with Crippen LogP contribution in [0.3, 0.4) is 0 Å². The molecule has 0 aliphatic carbocycles. The first-order chi connectivity index (χ1) is 14.7. The van der Waals surface area contributed by atoms with Crippen LogP contribution in [0.4, 0.5) is 0 Å². The van der Waals surface area contributed by atoms with Crippen molar-refractivity contribution in [2.24, 2.45) is 0 Å². The third-order valence-corrected chi connectivity index (χ3v) is 3.97. The van der Waals surface area contributed by atoms with Crippen LogP contribution in [0.25, 0.3) is 10.8 Å². The van der Waals surface area contributed by atoms with Crippen molar-refractivity contribution in [1.82, 2.24) is 0 Å². The van der Waals surface area contributed by atoms with Crippen molar-refractivity contribution in [3.8, 4) is 11.5 Å². The average Bonchev–Trinajstić information content (AvgIpc) is 2.79. The SMILES string of the molecule is CC.CCCOCCOCCOc1ccc2ccccc2c1.Cc1ccc(O)cc1. The topological polar surface area (TPSA) is 47.9 Å². The largest absolute Gasteiger partial charge is 0.508 e. The quantitative estimate of drug-likeness (QED) is 0.414. The second-order valence-corrected chi connectivity index (χ2v) is 6.42. The van der Waals surface area contributed by atoms with E-state index in [1.165, 1.54) is 16.3 Å². The minimum Gasteiger partial charge on any atom is -0.508 e. The summed E-state index contributed by atoms with van der Waals surface area (Å²) in [5.74, 6) is 1.21. The average molecular weight is 413 g/mol. The number of fused-ring (bicyclic) bond motifs is 1. The Kier molecular flexibility index (Phi) is 13.8. The molecule has 0 aliphatic rings. The normalized spacial score (nSPS) is 9.87. The Hall–Kier alpha value is -2.56. The predicted octanol–water partition coefficient (Wildman–Crippen LogP) is 6.39. The number of ether oxygens (including phenoxy) is 3. The molecule has 0 amide bonds. The van der Waals surface area contributed by atoms with E-state index < -0.39 is 0 Å². The number of phenolic OH excluding ortho intramolecular Hbond substituents is 1. The minimum absolute atomic E-state index is 0.329. The van der Waals surface area contributed by atoms with Crippen LogP contribution >= 0.6 is 0 Å². The molecule has 0 heterocycles. The van der Waals surface area contributed by atoms with Gasteiger partial charge in [-0.1, -0.05) is 68.8 Å². The summed E-state index contributed by atoms with van der Waals surface area (Å²) in [5.41, 5.74) is 1.17. The van der Waals surface area contributed by atoms with E-state index >= 15 is 0 Å². The number of aromatic hydroxyl groups is 1. The van der Waals surface area contributed by atoms with E-state index in [0.717, 1.165) is 18.8 Å². The van der Waals surface area contributed by atoms with Crippen molar-refractivity contribution >= 4 is 10.8 Å². The highest BCUT2D eigenvalue weighted by molar-refractivity contribution is 5.83. The van der Waals surface area contributed by atoms with Gasteiger partial charge in [0.05, 0.1) is 19.8 Å². The van der Waals surface area contributed by atoms with Crippen molar-refractivity contribution in [2.75, 3.05) is 33.0 Å². The van der Waals surface area contributed by atoms with Gasteiger partial charge < -0.3 is 19.3 Å². The molecule has 4 nitrogen and oxygen atoms in total. The zero-order valence-electron chi connectivity index (χ0n) is 18.8. The van der Waals surface area contributed by atoms with Gasteiger partial charge in [0.1, 0.15) is 18.1 Å². The predicted molar refractivity (Wildman–Crippen MR) is 126 cm³/mol. The lowest BCUT2D eigenvalue weighted by Gasteiger charge is -2.08. The van der Waals surface area contributed by atoms with Gasteiger partial charge in [-0.3, -0.25) is 0 Å². The second-order valence-electron chi connectivity index (χ2n) is 6.42. The van der Waals surface area contributed by atoms with E-state index in [-0.39, 0.29) is 0 Å². The molecule has 0 fully saturated rings. The molecule has 0 bridgehead atoms. The molecule has 4 heteroatoms. The van der Waals surface area contributed by atoms with Crippen LogP contribution in [0.5, 0.6) is 11.5 Å². The monoisotopic (exact) mass is 412 g/mol. The Bertz CT molecular complexity index is 778. The maximum atomic E-state index is 8.76. The summed E-state index contributed by atoms with van der Waals surface area (Å²) in [5, 5.41) is 11.2. The maximum Gasteiger partial charge on any atom is 0.120 e. The van der Waals surface area contributed by atoms with E-state index in [1.54, 1.807) is 12.1 Å². The van der Waals surface area contributed by atoms with Crippen LogP contribution in [-0.2, 0) is 9.47 Å². The van der Waals surface area contributed by atoms with Crippen LogP contribution in [0.15, 0.2) is 66.7 Å². The summed E-state index contributed by atoms with van der Waals surface area (Å²) < 4.78 is 16.4. The van der Waals surface area contributed by atoms with Crippen LogP contribution in [0.2, 0.25) is 0 Å². The van der Waals surface area contributed by atoms with Gasteiger partial charge >= 0.3 is 0 Å². The summed E-state index contributed by atoms with van der Waals surface area (Å²) in [6.45, 7) is 11.3. The van der Waals surface area contributed by atoms with Gasteiger partial charge in [0.15, 0.2) is 0 Å². The van der Waals surface area contributed by atoms with Crippen molar-refractivity contribution in [3.63, 3.8) is 0 Å². The van der Waals surface area contributed by atoms with E-state index in [1.807, 2.05) is 51.1 Å². The molecule has 0 aromatic heterocycles. The van der Waals surface area contributed by atoms with E-state index in [2.05, 4.69) is 31.2 Å². The third-order valence-electron chi connectivity index (χ3n) is 3.97. The first kappa shape index (κ1) is 25.5. The first-order valence-corrected chi connectivity index (χ1v) is 10.7. The molecule has 1 N–H and O–H groups in total. The number of hydrogen-bond acceptors (Lipinski definition) is 4. The maximum absolute atomic E-state index is 8.76. The molecule has 0 radical (unpaired) electrons. The number of rotatable bonds is 9. The summed E-state index contributed by atoms with van der Waals surface area (Å²) >= 11 is 0. The zero-order valence-corrected chi connectivity index (χ0v) is 18.8. The molecule has 0 aliphatic heterocycles. The van der Waals surface area contributed by atoms with Crippen molar-refractivity contribution in [2.45, 2.75) is 34.1 Å². The van der Waals surface area contributed by atoms with Crippen LogP contribution < -0.4 is 4.74 Å². The van der Waals surface area contributed by atoms with Gasteiger partial charge in [0.2, 0.25) is 0 Å². The highest BCUT2D eigenvalue weighted by Crippen LogP contribution is 2.20. The van der Waals surface area contributed by atoms with Crippen LogP contribution in [0, 0.1) is 6.92 Å². The Labute approximate surface area is 181 Å². The van der Waals surface area contributed by atoms with Gasteiger partial charge in [0, 0.05) is 6.61 Å². The van der Waals surface area contributed by atoms with Crippen LogP contribution in [0.1, 0.15) is 32.8 Å². The van der Waals surface area contributed by atoms with Crippen molar-refractivity contribution in [1.29, 1.82) is 0 Å². The van der Waals surface area contributed by atoms with Gasteiger partial charge in [0.25, 0.3) is 0 Å². The first-order valence-electron chi connectivity index (χ1n) is 10.7. The number of benzene rings is 3. The summed E-state index contributed by atoms with van der Waals surface area (Å²) in [4.78, 5) is 0. The fourth-order valence-corrected chi connectivity index (χ4v) is 2.49. The van der Waals surface area contributed by atoms with Gasteiger partial charge in [-0.25, -0.2) is 0 Å². The Morgan fingerprint density at radius 1 is 0.700 bits per heavy atom. The second kappa shape index (κ2) is 16.3. The molecule has 3 aromatic carbocycles. The number of aryl methyl sites for hydroxylation is 1. The summed E-state index contributed by atoms with van der Waals surface area (Å²) in [6.07, 6.45) is 1.05. The highest BCUT2D eigenvalue weighted by atomic mass is 16.5. The molecule has 3 rings (SSSR count). The highest BCUT2D eigenvalue weighted by Gasteiger charge is 1.97. The number of phenols is 1. The molecule has 0 spiro atoms. The van der Waals surface area contributed by atoms with Gasteiger partial charge in [-0.2, -0.15) is 0 Å². The van der Waals surface area contributed by atoms with E-state index in [0.29, 0.717) is 32.2 Å². The lowest BCUT2D eigenvalue weighted by atomic mass is 10.1. The molecule has 0 atom stereocenters. The minimum atomic E-state index is 0.329. The van der Waals surface area contributed by atoms with E-state index in [9.17, 15) is 0 Å². The molecule has 3 aromatic rings. The molecular formula is C26H36O4. The Balaban J connectivity index is 0.000000375. The number of hydrogen-bond donors (Lipinski definition) is 1. The third kappa shape index (κ3) is 10.8. The summed E-state index contributed by atoms with van der Waals surface area (Å²) in [7, 11) is 0. The Morgan fingerprint density at radius 3 is 1.93 bits per heavy atom. The standard InChI is InChI=1S/C17H22O3.C7H8O.C2H6/c1-2-9-18-10-11-19-12-13-20-17-8-7-15-5-3-4-6-16(15)14-17;1-6-2-4-7(8)5-3-6;1-2/h3-8,14H,2,9-13H2,1H3;2-5,8H,1H3;1-2H3. The Morgan fingerprint density at radius 2 is 1.30 bits per heavy atom. The summed E-state index contributed by atoms with van der Waals surface area (Å²) in [6, 6.07) is 21.5. The molecular weight excluding hydrogens is 376 g/mol. The van der Waals surface area contributed by atoms with Gasteiger partial charge in [-0.15, -0.1) is 0 Å².